The minimum absolute atomic E-state index is 0.242. The predicted molar refractivity (Wildman–Crippen MR) is 108 cm³/mol. The van der Waals surface area contributed by atoms with Crippen LogP contribution in [0.5, 0.6) is 0 Å². The molecule has 1 aromatic rings. The molecule has 7 nitrogen and oxygen atoms in total. The van der Waals surface area contributed by atoms with Gasteiger partial charge in [-0.25, -0.2) is 9.59 Å². The van der Waals surface area contributed by atoms with Crippen LogP contribution in [0.1, 0.15) is 54.8 Å². The van der Waals surface area contributed by atoms with Crippen LogP contribution in [0.2, 0.25) is 0 Å². The van der Waals surface area contributed by atoms with Gasteiger partial charge in [0, 0.05) is 25.9 Å². The molecule has 8 heteroatoms. The van der Waals surface area contributed by atoms with E-state index in [0.717, 1.165) is 6.42 Å². The summed E-state index contributed by atoms with van der Waals surface area (Å²) in [5, 5.41) is 6.39. The number of ether oxygens (including phenoxy) is 3. The summed E-state index contributed by atoms with van der Waals surface area (Å²) in [6, 6.07) is 4.62. The van der Waals surface area contributed by atoms with Gasteiger partial charge in [-0.3, -0.25) is 0 Å². The van der Waals surface area contributed by atoms with Crippen LogP contribution < -0.4 is 10.6 Å². The second kappa shape index (κ2) is 11.5. The summed E-state index contributed by atoms with van der Waals surface area (Å²) in [5.74, 6) is -1.04. The number of methoxy groups -OCH3 is 1. The van der Waals surface area contributed by atoms with Crippen LogP contribution in [-0.2, 0) is 14.2 Å². The molecular formula is C19H28N2O5S. The monoisotopic (exact) mass is 396 g/mol. The van der Waals surface area contributed by atoms with Crippen molar-refractivity contribution in [2.45, 2.75) is 46.3 Å². The van der Waals surface area contributed by atoms with E-state index in [9.17, 15) is 9.59 Å². The summed E-state index contributed by atoms with van der Waals surface area (Å²) in [7, 11) is 1.63. The number of carbonyl (C=O) groups is 2. The van der Waals surface area contributed by atoms with E-state index in [1.54, 1.807) is 46.9 Å². The summed E-state index contributed by atoms with van der Waals surface area (Å²) in [6.45, 7) is 8.29. The predicted octanol–water partition coefficient (Wildman–Crippen LogP) is 3.14. The minimum Gasteiger partial charge on any atom is -0.459 e. The number of benzene rings is 1. The molecule has 0 unspecified atom stereocenters. The quantitative estimate of drug-likeness (QED) is 0.374. The average molecular weight is 397 g/mol. The van der Waals surface area contributed by atoms with Crippen molar-refractivity contribution >= 4 is 35.0 Å². The molecule has 0 radical (unpaired) electrons. The molecule has 0 aliphatic rings. The largest absolute Gasteiger partial charge is 0.459 e. The molecular weight excluding hydrogens is 368 g/mol. The number of nitrogens with one attached hydrogen (secondary N) is 2. The molecule has 0 aliphatic heterocycles. The van der Waals surface area contributed by atoms with E-state index in [0.29, 0.717) is 24.0 Å². The second-order valence-corrected chi connectivity index (χ2v) is 6.84. The van der Waals surface area contributed by atoms with Crippen molar-refractivity contribution in [1.82, 2.24) is 5.32 Å². The van der Waals surface area contributed by atoms with Gasteiger partial charge in [0.25, 0.3) is 0 Å². The maximum atomic E-state index is 12.3. The van der Waals surface area contributed by atoms with E-state index >= 15 is 0 Å². The molecule has 0 aromatic heterocycles. The highest BCUT2D eigenvalue weighted by Crippen LogP contribution is 2.18. The topological polar surface area (TPSA) is 85.9 Å². The molecule has 0 amide bonds. The Hall–Kier alpha value is -2.19. The highest BCUT2D eigenvalue weighted by molar-refractivity contribution is 7.80. The average Bonchev–Trinajstić information content (AvgIpc) is 2.57. The van der Waals surface area contributed by atoms with Crippen LogP contribution in [0.15, 0.2) is 18.2 Å². The lowest BCUT2D eigenvalue weighted by molar-refractivity contribution is 0.0377. The van der Waals surface area contributed by atoms with Crippen LogP contribution in [0, 0.1) is 0 Å². The normalized spacial score (nSPS) is 10.6. The molecule has 150 valence electrons. The molecule has 0 spiro atoms. The molecule has 0 atom stereocenters. The van der Waals surface area contributed by atoms with Crippen LogP contribution in [0.25, 0.3) is 0 Å². The molecule has 0 aliphatic carbocycles. The van der Waals surface area contributed by atoms with E-state index in [1.807, 2.05) is 0 Å². The highest BCUT2D eigenvalue weighted by Gasteiger charge is 2.17. The van der Waals surface area contributed by atoms with Crippen molar-refractivity contribution in [1.29, 1.82) is 0 Å². The fourth-order valence-electron chi connectivity index (χ4n) is 2.09. The number of hydrogen-bond donors (Lipinski definition) is 2. The van der Waals surface area contributed by atoms with Crippen molar-refractivity contribution in [2.24, 2.45) is 0 Å². The number of anilines is 1. The van der Waals surface area contributed by atoms with Crippen molar-refractivity contribution in [3.05, 3.63) is 29.3 Å². The maximum absolute atomic E-state index is 12.3. The number of rotatable bonds is 9. The minimum atomic E-state index is -0.522. The second-order valence-electron chi connectivity index (χ2n) is 6.43. The van der Waals surface area contributed by atoms with Gasteiger partial charge in [-0.05, 0) is 64.5 Å². The molecule has 0 heterocycles. The Morgan fingerprint density at radius 3 is 1.96 bits per heavy atom. The number of hydrogen-bond acceptors (Lipinski definition) is 6. The highest BCUT2D eigenvalue weighted by atomic mass is 32.1. The van der Waals surface area contributed by atoms with Crippen LogP contribution in [-0.4, -0.2) is 49.5 Å². The molecule has 0 saturated carbocycles. The zero-order valence-electron chi connectivity index (χ0n) is 16.5. The molecule has 27 heavy (non-hydrogen) atoms. The first-order chi connectivity index (χ1) is 12.7. The van der Waals surface area contributed by atoms with Gasteiger partial charge in [-0.1, -0.05) is 0 Å². The van der Waals surface area contributed by atoms with Crippen LogP contribution in [0.3, 0.4) is 0 Å². The molecule has 1 rings (SSSR count). The lowest BCUT2D eigenvalue weighted by atomic mass is 10.1. The summed E-state index contributed by atoms with van der Waals surface area (Å²) in [5.41, 5.74) is 0.978. The van der Waals surface area contributed by atoms with Crippen LogP contribution in [0.4, 0.5) is 5.69 Å². The molecule has 0 fully saturated rings. The third kappa shape index (κ3) is 8.83. The van der Waals surface area contributed by atoms with E-state index in [1.165, 1.54) is 6.07 Å². The van der Waals surface area contributed by atoms with Crippen LogP contribution >= 0.6 is 12.2 Å². The summed E-state index contributed by atoms with van der Waals surface area (Å²) >= 11 is 5.25. The van der Waals surface area contributed by atoms with Crippen molar-refractivity contribution < 1.29 is 23.8 Å². The van der Waals surface area contributed by atoms with Gasteiger partial charge in [0.15, 0.2) is 5.11 Å². The fraction of sp³-hybridized carbons (Fsp3) is 0.526. The standard InChI is InChI=1S/C19H28N2O5S/c1-12(2)25-17(22)14-9-15(18(23)26-13(3)4)11-16(10-14)21-19(27)20-7-6-8-24-5/h9-13H,6-8H2,1-5H3,(H2,20,21,27). The zero-order chi connectivity index (χ0) is 20.4. The van der Waals surface area contributed by atoms with Gasteiger partial charge in [0.1, 0.15) is 0 Å². The fourth-order valence-corrected chi connectivity index (χ4v) is 2.31. The van der Waals surface area contributed by atoms with Crippen molar-refractivity contribution in [3.8, 4) is 0 Å². The number of esters is 2. The summed E-state index contributed by atoms with van der Waals surface area (Å²) < 4.78 is 15.4. The molecule has 2 N–H and O–H groups in total. The van der Waals surface area contributed by atoms with E-state index < -0.39 is 11.9 Å². The van der Waals surface area contributed by atoms with Gasteiger partial charge in [-0.15, -0.1) is 0 Å². The number of carbonyl (C=O) groups excluding carboxylic acids is 2. The Balaban J connectivity index is 2.98. The van der Waals surface area contributed by atoms with Gasteiger partial charge < -0.3 is 24.8 Å². The Bertz CT molecular complexity index is 621. The van der Waals surface area contributed by atoms with Gasteiger partial charge >= 0.3 is 11.9 Å². The van der Waals surface area contributed by atoms with Crippen molar-refractivity contribution in [2.75, 3.05) is 25.6 Å². The first-order valence-electron chi connectivity index (χ1n) is 8.83. The maximum Gasteiger partial charge on any atom is 0.338 e. The molecule has 0 saturated heterocycles. The number of thiocarbonyl (C=S) groups is 1. The van der Waals surface area contributed by atoms with Gasteiger partial charge in [-0.2, -0.15) is 0 Å². The first-order valence-corrected chi connectivity index (χ1v) is 9.24. The Morgan fingerprint density at radius 1 is 1.00 bits per heavy atom. The molecule has 0 bridgehead atoms. The Labute approximate surface area is 165 Å². The lowest BCUT2D eigenvalue weighted by Gasteiger charge is -2.15. The first kappa shape index (κ1) is 22.9. The van der Waals surface area contributed by atoms with E-state index in [4.69, 9.17) is 26.4 Å². The summed E-state index contributed by atoms with van der Waals surface area (Å²) in [6.07, 6.45) is 0.248. The lowest BCUT2D eigenvalue weighted by Crippen LogP contribution is -2.30. The summed E-state index contributed by atoms with van der Waals surface area (Å²) in [4.78, 5) is 24.5. The van der Waals surface area contributed by atoms with E-state index in [2.05, 4.69) is 10.6 Å². The zero-order valence-corrected chi connectivity index (χ0v) is 17.3. The van der Waals surface area contributed by atoms with Crippen molar-refractivity contribution in [3.63, 3.8) is 0 Å². The SMILES string of the molecule is COCCCNC(=S)Nc1cc(C(=O)OC(C)C)cc(C(=O)OC(C)C)c1. The third-order valence-corrected chi connectivity index (χ3v) is 3.40. The smallest absolute Gasteiger partial charge is 0.338 e. The Kier molecular flexibility index (Phi) is 9.74. The van der Waals surface area contributed by atoms with Gasteiger partial charge in [0.2, 0.25) is 0 Å². The van der Waals surface area contributed by atoms with E-state index in [-0.39, 0.29) is 23.3 Å². The Morgan fingerprint density at radius 2 is 1.52 bits per heavy atom. The third-order valence-electron chi connectivity index (χ3n) is 3.16. The molecule has 1 aromatic carbocycles. The van der Waals surface area contributed by atoms with Gasteiger partial charge in [0.05, 0.1) is 23.3 Å².